The van der Waals surface area contributed by atoms with Crippen LogP contribution in [0.4, 0.5) is 5.69 Å². The first-order chi connectivity index (χ1) is 11.4. The van der Waals surface area contributed by atoms with Gasteiger partial charge in [-0.15, -0.1) is 12.4 Å². The molecule has 0 bridgehead atoms. The van der Waals surface area contributed by atoms with Gasteiger partial charge in [-0.25, -0.2) is 0 Å². The molecule has 1 aliphatic carbocycles. The van der Waals surface area contributed by atoms with Crippen molar-refractivity contribution in [2.75, 3.05) is 33.3 Å². The summed E-state index contributed by atoms with van der Waals surface area (Å²) in [5, 5.41) is 0. The minimum atomic E-state index is -0.468. The molecule has 1 amide bonds. The zero-order valence-corrected chi connectivity index (χ0v) is 16.4. The lowest BCUT2D eigenvalue weighted by Gasteiger charge is -2.39. The quantitative estimate of drug-likeness (QED) is 0.860. The number of rotatable bonds is 5. The number of ether oxygens (including phenoxy) is 3. The molecule has 0 heterocycles. The van der Waals surface area contributed by atoms with Crippen LogP contribution in [0.5, 0.6) is 17.2 Å². The molecule has 6 nitrogen and oxygen atoms in total. The Hall–Kier alpha value is -1.66. The fourth-order valence-corrected chi connectivity index (χ4v) is 3.39. The third kappa shape index (κ3) is 4.30. The third-order valence-electron chi connectivity index (χ3n) is 4.92. The van der Waals surface area contributed by atoms with Gasteiger partial charge < -0.3 is 24.8 Å². The summed E-state index contributed by atoms with van der Waals surface area (Å²) in [5.41, 5.74) is 6.60. The van der Waals surface area contributed by atoms with Gasteiger partial charge >= 0.3 is 0 Å². The molecule has 7 heteroatoms. The molecule has 1 saturated carbocycles. The van der Waals surface area contributed by atoms with Gasteiger partial charge in [0.05, 0.1) is 32.9 Å². The van der Waals surface area contributed by atoms with Crippen LogP contribution in [0.2, 0.25) is 0 Å². The molecule has 1 aromatic carbocycles. The van der Waals surface area contributed by atoms with Crippen molar-refractivity contribution in [3.05, 3.63) is 12.1 Å². The van der Waals surface area contributed by atoms with E-state index in [9.17, 15) is 4.79 Å². The van der Waals surface area contributed by atoms with E-state index in [1.54, 1.807) is 45.4 Å². The smallest absolute Gasteiger partial charge is 0.231 e. The zero-order chi connectivity index (χ0) is 17.9. The van der Waals surface area contributed by atoms with Crippen molar-refractivity contribution in [2.45, 2.75) is 38.1 Å². The predicted molar refractivity (Wildman–Crippen MR) is 101 cm³/mol. The Balaban J connectivity index is 0.00000312. The predicted octanol–water partition coefficient (Wildman–Crippen LogP) is 3.00. The Bertz CT molecular complexity index is 582. The van der Waals surface area contributed by atoms with E-state index in [-0.39, 0.29) is 24.2 Å². The van der Waals surface area contributed by atoms with Crippen LogP contribution in [0.15, 0.2) is 12.1 Å². The van der Waals surface area contributed by atoms with Crippen molar-refractivity contribution < 1.29 is 19.0 Å². The molecule has 1 aromatic rings. The molecule has 2 rings (SSSR count). The topological polar surface area (TPSA) is 74.0 Å². The summed E-state index contributed by atoms with van der Waals surface area (Å²) in [6.45, 7) is 1.97. The SMILES string of the molecule is COc1cc(N(C)C(=O)C2CCCCC2(C)N)cc(OC)c1OC.Cl. The van der Waals surface area contributed by atoms with E-state index in [1.165, 1.54) is 0 Å². The molecule has 2 unspecified atom stereocenters. The van der Waals surface area contributed by atoms with Crippen molar-refractivity contribution in [2.24, 2.45) is 11.7 Å². The van der Waals surface area contributed by atoms with Gasteiger partial charge in [0.2, 0.25) is 11.7 Å². The van der Waals surface area contributed by atoms with Gasteiger partial charge in [0.25, 0.3) is 0 Å². The number of benzene rings is 1. The number of methoxy groups -OCH3 is 3. The number of anilines is 1. The van der Waals surface area contributed by atoms with Crippen molar-refractivity contribution in [3.8, 4) is 17.2 Å². The number of nitrogens with two attached hydrogens (primary N) is 1. The highest BCUT2D eigenvalue weighted by atomic mass is 35.5. The first-order valence-electron chi connectivity index (χ1n) is 8.22. The van der Waals surface area contributed by atoms with Crippen molar-refractivity contribution in [3.63, 3.8) is 0 Å². The summed E-state index contributed by atoms with van der Waals surface area (Å²) < 4.78 is 16.1. The Kier molecular flexibility index (Phi) is 7.38. The minimum absolute atomic E-state index is 0. The van der Waals surface area contributed by atoms with Crippen LogP contribution in [-0.2, 0) is 4.79 Å². The Labute approximate surface area is 156 Å². The second-order valence-corrected chi connectivity index (χ2v) is 6.58. The van der Waals surface area contributed by atoms with Gasteiger partial charge in [0.15, 0.2) is 11.5 Å². The number of carbonyl (C=O) groups is 1. The molecule has 1 aliphatic rings. The van der Waals surface area contributed by atoms with Crippen LogP contribution >= 0.6 is 12.4 Å². The summed E-state index contributed by atoms with van der Waals surface area (Å²) in [6.07, 6.45) is 3.80. The van der Waals surface area contributed by atoms with Crippen LogP contribution in [-0.4, -0.2) is 39.8 Å². The maximum atomic E-state index is 13.0. The van der Waals surface area contributed by atoms with Crippen LogP contribution in [0, 0.1) is 5.92 Å². The van der Waals surface area contributed by atoms with E-state index < -0.39 is 5.54 Å². The standard InChI is InChI=1S/C18H28N2O4.ClH/c1-18(19)9-7-6-8-13(18)17(21)20(2)12-10-14(22-3)16(24-5)15(11-12)23-4;/h10-11,13H,6-9,19H2,1-5H3;1H. The molecule has 2 atom stereocenters. The van der Waals surface area contributed by atoms with Gasteiger partial charge in [0.1, 0.15) is 0 Å². The first-order valence-corrected chi connectivity index (χ1v) is 8.22. The molecule has 0 spiro atoms. The largest absolute Gasteiger partial charge is 0.493 e. The van der Waals surface area contributed by atoms with Crippen LogP contribution in [0.3, 0.4) is 0 Å². The molecular weight excluding hydrogens is 344 g/mol. The minimum Gasteiger partial charge on any atom is -0.493 e. The van der Waals surface area contributed by atoms with E-state index in [1.807, 2.05) is 6.92 Å². The summed E-state index contributed by atoms with van der Waals surface area (Å²) >= 11 is 0. The van der Waals surface area contributed by atoms with Gasteiger partial charge in [-0.3, -0.25) is 4.79 Å². The van der Waals surface area contributed by atoms with Gasteiger partial charge in [0, 0.05) is 24.7 Å². The summed E-state index contributed by atoms with van der Waals surface area (Å²) in [6, 6.07) is 3.55. The van der Waals surface area contributed by atoms with Gasteiger partial charge in [-0.05, 0) is 19.8 Å². The molecule has 0 saturated heterocycles. The maximum absolute atomic E-state index is 13.0. The van der Waals surface area contributed by atoms with Crippen molar-refractivity contribution in [1.82, 2.24) is 0 Å². The molecule has 1 fully saturated rings. The second kappa shape index (κ2) is 8.63. The molecule has 0 aliphatic heterocycles. The molecule has 2 N–H and O–H groups in total. The lowest BCUT2D eigenvalue weighted by atomic mass is 9.74. The highest BCUT2D eigenvalue weighted by Crippen LogP contribution is 2.42. The van der Waals surface area contributed by atoms with Crippen molar-refractivity contribution in [1.29, 1.82) is 0 Å². The number of halogens is 1. The van der Waals surface area contributed by atoms with Gasteiger partial charge in [-0.1, -0.05) is 12.8 Å². The molecule has 142 valence electrons. The molecule has 0 aromatic heterocycles. The Morgan fingerprint density at radius 2 is 1.72 bits per heavy atom. The normalized spacial score (nSPS) is 22.6. The molecular formula is C18H29ClN2O4. The zero-order valence-electron chi connectivity index (χ0n) is 15.6. The number of hydrogen-bond donors (Lipinski definition) is 1. The third-order valence-corrected chi connectivity index (χ3v) is 4.92. The van der Waals surface area contributed by atoms with Gasteiger partial charge in [-0.2, -0.15) is 0 Å². The highest BCUT2D eigenvalue weighted by Gasteiger charge is 2.39. The Morgan fingerprint density at radius 3 is 2.16 bits per heavy atom. The number of nitrogens with zero attached hydrogens (tertiary/aromatic N) is 1. The fraction of sp³-hybridized carbons (Fsp3) is 0.611. The van der Waals surface area contributed by atoms with E-state index in [0.29, 0.717) is 22.9 Å². The molecule has 25 heavy (non-hydrogen) atoms. The average molecular weight is 373 g/mol. The average Bonchev–Trinajstić information content (AvgIpc) is 2.58. The van der Waals surface area contributed by atoms with E-state index in [0.717, 1.165) is 25.7 Å². The Morgan fingerprint density at radius 1 is 1.16 bits per heavy atom. The fourth-order valence-electron chi connectivity index (χ4n) is 3.39. The van der Waals surface area contributed by atoms with E-state index in [4.69, 9.17) is 19.9 Å². The second-order valence-electron chi connectivity index (χ2n) is 6.58. The lowest BCUT2D eigenvalue weighted by Crippen LogP contribution is -2.53. The van der Waals surface area contributed by atoms with E-state index in [2.05, 4.69) is 0 Å². The number of amides is 1. The van der Waals surface area contributed by atoms with E-state index >= 15 is 0 Å². The first kappa shape index (κ1) is 21.4. The van der Waals surface area contributed by atoms with Crippen LogP contribution in [0.1, 0.15) is 32.6 Å². The summed E-state index contributed by atoms with van der Waals surface area (Å²) in [5.74, 6) is 1.38. The monoisotopic (exact) mass is 372 g/mol. The summed E-state index contributed by atoms with van der Waals surface area (Å²) in [4.78, 5) is 14.6. The maximum Gasteiger partial charge on any atom is 0.231 e. The number of hydrogen-bond acceptors (Lipinski definition) is 5. The highest BCUT2D eigenvalue weighted by molar-refractivity contribution is 5.96. The number of carbonyl (C=O) groups excluding carboxylic acids is 1. The molecule has 0 radical (unpaired) electrons. The van der Waals surface area contributed by atoms with Crippen LogP contribution in [0.25, 0.3) is 0 Å². The summed E-state index contributed by atoms with van der Waals surface area (Å²) in [7, 11) is 6.42. The lowest BCUT2D eigenvalue weighted by molar-refractivity contribution is -0.125. The van der Waals surface area contributed by atoms with Crippen LogP contribution < -0.4 is 24.8 Å². The van der Waals surface area contributed by atoms with Crippen molar-refractivity contribution >= 4 is 24.0 Å².